The summed E-state index contributed by atoms with van der Waals surface area (Å²) in [6.45, 7) is 8.84. The number of nitrogens with one attached hydrogen (secondary N) is 1. The van der Waals surface area contributed by atoms with Crippen LogP contribution < -0.4 is 5.32 Å². The zero-order valence-corrected chi connectivity index (χ0v) is 13.6. The van der Waals surface area contributed by atoms with Crippen LogP contribution in [0.15, 0.2) is 0 Å². The van der Waals surface area contributed by atoms with Crippen molar-refractivity contribution in [2.24, 2.45) is 0 Å². The number of ether oxygens (including phenoxy) is 1. The van der Waals surface area contributed by atoms with Crippen molar-refractivity contribution in [2.45, 2.75) is 25.3 Å². The molecule has 2 fully saturated rings. The molecule has 1 atom stereocenters. The van der Waals surface area contributed by atoms with Crippen molar-refractivity contribution in [1.82, 2.24) is 15.1 Å². The summed E-state index contributed by atoms with van der Waals surface area (Å²) in [5.74, 6) is 0. The van der Waals surface area contributed by atoms with Gasteiger partial charge in [0.25, 0.3) is 0 Å². The minimum atomic E-state index is 0. The maximum absolute atomic E-state index is 5.38. The molecule has 2 heterocycles. The Hall–Kier alpha value is 0.420. The first-order valence-electron chi connectivity index (χ1n) is 7.07. The van der Waals surface area contributed by atoms with Gasteiger partial charge in [-0.15, -0.1) is 24.8 Å². The molecule has 0 spiro atoms. The van der Waals surface area contributed by atoms with Crippen LogP contribution in [-0.4, -0.2) is 75.4 Å². The third-order valence-electron chi connectivity index (χ3n) is 4.04. The SMILES string of the molecule is CN(CCN1CCOCC1)C1CCCNCC1.Cl.Cl. The average molecular weight is 314 g/mol. The van der Waals surface area contributed by atoms with Crippen LogP contribution in [-0.2, 0) is 4.74 Å². The van der Waals surface area contributed by atoms with E-state index < -0.39 is 0 Å². The van der Waals surface area contributed by atoms with Crippen molar-refractivity contribution in [3.63, 3.8) is 0 Å². The third kappa shape index (κ3) is 7.11. The highest BCUT2D eigenvalue weighted by Crippen LogP contribution is 2.11. The highest BCUT2D eigenvalue weighted by atomic mass is 35.5. The second-order valence-corrected chi connectivity index (χ2v) is 5.27. The van der Waals surface area contributed by atoms with Gasteiger partial charge < -0.3 is 15.0 Å². The lowest BCUT2D eigenvalue weighted by Crippen LogP contribution is -2.43. The molecule has 2 saturated heterocycles. The van der Waals surface area contributed by atoms with Gasteiger partial charge in [0, 0.05) is 32.2 Å². The largest absolute Gasteiger partial charge is 0.379 e. The second-order valence-electron chi connectivity index (χ2n) is 5.27. The number of hydrogen-bond acceptors (Lipinski definition) is 4. The molecule has 0 saturated carbocycles. The van der Waals surface area contributed by atoms with E-state index in [0.29, 0.717) is 0 Å². The van der Waals surface area contributed by atoms with E-state index in [1.165, 1.54) is 45.4 Å². The molecule has 2 rings (SSSR count). The first-order valence-corrected chi connectivity index (χ1v) is 7.07. The molecule has 2 aliphatic heterocycles. The van der Waals surface area contributed by atoms with E-state index in [1.807, 2.05) is 0 Å². The van der Waals surface area contributed by atoms with Gasteiger partial charge in [0.05, 0.1) is 13.2 Å². The van der Waals surface area contributed by atoms with Gasteiger partial charge in [-0.3, -0.25) is 4.90 Å². The minimum Gasteiger partial charge on any atom is -0.379 e. The van der Waals surface area contributed by atoms with Gasteiger partial charge in [0.1, 0.15) is 0 Å². The van der Waals surface area contributed by atoms with Crippen LogP contribution in [0.5, 0.6) is 0 Å². The number of nitrogens with zero attached hydrogens (tertiary/aromatic N) is 2. The summed E-state index contributed by atoms with van der Waals surface area (Å²) >= 11 is 0. The third-order valence-corrected chi connectivity index (χ3v) is 4.04. The van der Waals surface area contributed by atoms with Crippen molar-refractivity contribution >= 4 is 24.8 Å². The Labute approximate surface area is 130 Å². The summed E-state index contributed by atoms with van der Waals surface area (Å²) in [6, 6.07) is 0.783. The van der Waals surface area contributed by atoms with Crippen molar-refractivity contribution in [3.05, 3.63) is 0 Å². The molecule has 2 aliphatic rings. The Morgan fingerprint density at radius 3 is 2.63 bits per heavy atom. The molecule has 0 aromatic rings. The summed E-state index contributed by atoms with van der Waals surface area (Å²) in [4.78, 5) is 5.08. The highest BCUT2D eigenvalue weighted by molar-refractivity contribution is 5.85. The molecule has 0 bridgehead atoms. The lowest BCUT2D eigenvalue weighted by molar-refractivity contribution is 0.0323. The number of hydrogen-bond donors (Lipinski definition) is 1. The Balaban J connectivity index is 0.00000162. The normalized spacial score (nSPS) is 25.3. The van der Waals surface area contributed by atoms with E-state index in [4.69, 9.17) is 4.74 Å². The first-order chi connectivity index (χ1) is 8.36. The van der Waals surface area contributed by atoms with Crippen LogP contribution in [0.25, 0.3) is 0 Å². The summed E-state index contributed by atoms with van der Waals surface area (Å²) < 4.78 is 5.38. The van der Waals surface area contributed by atoms with Crippen LogP contribution in [0.3, 0.4) is 0 Å². The van der Waals surface area contributed by atoms with Crippen molar-refractivity contribution in [1.29, 1.82) is 0 Å². The van der Waals surface area contributed by atoms with Crippen LogP contribution in [0.2, 0.25) is 0 Å². The van der Waals surface area contributed by atoms with Crippen LogP contribution in [0.4, 0.5) is 0 Å². The number of rotatable bonds is 4. The van der Waals surface area contributed by atoms with E-state index in [0.717, 1.165) is 32.3 Å². The average Bonchev–Trinajstić information content (AvgIpc) is 2.66. The molecular formula is C13H29Cl2N3O. The van der Waals surface area contributed by atoms with Gasteiger partial charge in [-0.1, -0.05) is 0 Å². The predicted octanol–water partition coefficient (Wildman–Crippen LogP) is 1.24. The maximum Gasteiger partial charge on any atom is 0.0594 e. The quantitative estimate of drug-likeness (QED) is 0.845. The Morgan fingerprint density at radius 1 is 1.16 bits per heavy atom. The number of likely N-dealkylation sites (N-methyl/N-ethyl adjacent to an activating group) is 1. The summed E-state index contributed by atoms with van der Waals surface area (Å²) in [5.41, 5.74) is 0. The fourth-order valence-corrected chi connectivity index (χ4v) is 2.75. The smallest absolute Gasteiger partial charge is 0.0594 e. The van der Waals surface area contributed by atoms with E-state index in [-0.39, 0.29) is 24.8 Å². The van der Waals surface area contributed by atoms with Crippen LogP contribution in [0.1, 0.15) is 19.3 Å². The monoisotopic (exact) mass is 313 g/mol. The van der Waals surface area contributed by atoms with Gasteiger partial charge in [0.2, 0.25) is 0 Å². The van der Waals surface area contributed by atoms with Crippen LogP contribution >= 0.6 is 24.8 Å². The minimum absolute atomic E-state index is 0. The standard InChI is InChI=1S/C13H27N3O.2ClH/c1-15(13-3-2-5-14-6-4-13)7-8-16-9-11-17-12-10-16;;/h13-14H,2-12H2,1H3;2*1H. The molecule has 0 amide bonds. The molecule has 6 heteroatoms. The fourth-order valence-electron chi connectivity index (χ4n) is 2.75. The predicted molar refractivity (Wildman–Crippen MR) is 84.9 cm³/mol. The molecule has 1 unspecified atom stereocenters. The van der Waals surface area contributed by atoms with Crippen LogP contribution in [0, 0.1) is 0 Å². The van der Waals surface area contributed by atoms with Gasteiger partial charge in [-0.2, -0.15) is 0 Å². The number of halogens is 2. The van der Waals surface area contributed by atoms with E-state index in [2.05, 4.69) is 22.2 Å². The molecular weight excluding hydrogens is 285 g/mol. The summed E-state index contributed by atoms with van der Waals surface area (Å²) in [7, 11) is 2.29. The summed E-state index contributed by atoms with van der Waals surface area (Å²) in [5, 5.41) is 3.48. The van der Waals surface area contributed by atoms with Gasteiger partial charge in [-0.25, -0.2) is 0 Å². The Kier molecular flexibility index (Phi) is 11.4. The molecule has 4 nitrogen and oxygen atoms in total. The lowest BCUT2D eigenvalue weighted by atomic mass is 10.1. The zero-order chi connectivity index (χ0) is 11.9. The highest BCUT2D eigenvalue weighted by Gasteiger charge is 2.17. The molecule has 0 aliphatic carbocycles. The maximum atomic E-state index is 5.38. The van der Waals surface area contributed by atoms with E-state index in [1.54, 1.807) is 0 Å². The van der Waals surface area contributed by atoms with E-state index in [9.17, 15) is 0 Å². The van der Waals surface area contributed by atoms with Gasteiger partial charge >= 0.3 is 0 Å². The van der Waals surface area contributed by atoms with Gasteiger partial charge in [-0.05, 0) is 39.4 Å². The molecule has 19 heavy (non-hydrogen) atoms. The Bertz CT molecular complexity index is 208. The molecule has 0 aromatic heterocycles. The van der Waals surface area contributed by atoms with E-state index >= 15 is 0 Å². The summed E-state index contributed by atoms with van der Waals surface area (Å²) in [6.07, 6.45) is 3.98. The van der Waals surface area contributed by atoms with Crippen molar-refractivity contribution < 1.29 is 4.74 Å². The molecule has 1 N–H and O–H groups in total. The fraction of sp³-hybridized carbons (Fsp3) is 1.00. The first kappa shape index (κ1) is 19.4. The lowest BCUT2D eigenvalue weighted by Gasteiger charge is -2.31. The number of morpholine rings is 1. The van der Waals surface area contributed by atoms with Crippen molar-refractivity contribution in [3.8, 4) is 0 Å². The zero-order valence-electron chi connectivity index (χ0n) is 12.0. The van der Waals surface area contributed by atoms with Crippen molar-refractivity contribution in [2.75, 3.05) is 59.5 Å². The Morgan fingerprint density at radius 2 is 1.89 bits per heavy atom. The molecule has 0 radical (unpaired) electrons. The molecule has 0 aromatic carbocycles. The van der Waals surface area contributed by atoms with Gasteiger partial charge in [0.15, 0.2) is 0 Å². The molecule has 116 valence electrons. The second kappa shape index (κ2) is 11.1. The topological polar surface area (TPSA) is 27.7 Å².